The molecular formula is C13H21N. The van der Waals surface area contributed by atoms with Crippen LogP contribution >= 0.6 is 0 Å². The third-order valence-corrected chi connectivity index (χ3v) is 2.37. The van der Waals surface area contributed by atoms with E-state index in [-0.39, 0.29) is 0 Å². The summed E-state index contributed by atoms with van der Waals surface area (Å²) in [6.07, 6.45) is 5.93. The number of rotatable bonds is 5. The van der Waals surface area contributed by atoms with Crippen LogP contribution in [-0.2, 0) is 12.8 Å². The van der Waals surface area contributed by atoms with Gasteiger partial charge in [0.15, 0.2) is 0 Å². The summed E-state index contributed by atoms with van der Waals surface area (Å²) in [7, 11) is 0. The second-order valence-electron chi connectivity index (χ2n) is 3.98. The first-order valence-electron chi connectivity index (χ1n) is 5.72. The summed E-state index contributed by atoms with van der Waals surface area (Å²) < 4.78 is 0. The van der Waals surface area contributed by atoms with E-state index in [9.17, 15) is 0 Å². The minimum Gasteiger partial charge on any atom is -0.258 e. The Balaban J connectivity index is 2.73. The van der Waals surface area contributed by atoms with Crippen molar-refractivity contribution in [3.05, 3.63) is 29.1 Å². The molecule has 1 rings (SSSR count). The van der Waals surface area contributed by atoms with Gasteiger partial charge in [-0.25, -0.2) is 0 Å². The van der Waals surface area contributed by atoms with E-state index in [2.05, 4.69) is 37.9 Å². The molecule has 1 aromatic heterocycles. The molecule has 0 fully saturated rings. The molecule has 0 aliphatic rings. The van der Waals surface area contributed by atoms with Crippen LogP contribution in [0.3, 0.4) is 0 Å². The predicted octanol–water partition coefficient (Wildman–Crippen LogP) is 3.69. The highest BCUT2D eigenvalue weighted by Gasteiger charge is 1.99. The quantitative estimate of drug-likeness (QED) is 0.691. The number of nitrogens with zero attached hydrogens (tertiary/aromatic N) is 1. The first-order chi connectivity index (χ1) is 6.76. The zero-order valence-electron chi connectivity index (χ0n) is 9.64. The van der Waals surface area contributed by atoms with Gasteiger partial charge in [0.1, 0.15) is 0 Å². The minimum absolute atomic E-state index is 1.11. The number of hydrogen-bond donors (Lipinski definition) is 0. The van der Waals surface area contributed by atoms with E-state index in [0.29, 0.717) is 0 Å². The molecule has 0 aliphatic carbocycles. The maximum Gasteiger partial charge on any atom is 0.0409 e. The van der Waals surface area contributed by atoms with Crippen LogP contribution < -0.4 is 0 Å². The number of unbranched alkanes of at least 4 members (excludes halogenated alkanes) is 1. The molecule has 0 aliphatic heterocycles. The van der Waals surface area contributed by atoms with Crippen molar-refractivity contribution < 1.29 is 0 Å². The highest BCUT2D eigenvalue weighted by atomic mass is 14.7. The molecule has 0 spiro atoms. The van der Waals surface area contributed by atoms with E-state index < -0.39 is 0 Å². The number of hydrogen-bond acceptors (Lipinski definition) is 1. The van der Waals surface area contributed by atoms with Gasteiger partial charge in [-0.05, 0) is 43.9 Å². The standard InChI is InChI=1S/C13H21N/c1-4-6-8-13-10-11(3)9-12(14-13)7-5-2/h9-10H,4-8H2,1-3H3. The van der Waals surface area contributed by atoms with Gasteiger partial charge in [0.05, 0.1) is 0 Å². The third-order valence-electron chi connectivity index (χ3n) is 2.37. The van der Waals surface area contributed by atoms with E-state index in [4.69, 9.17) is 0 Å². The zero-order chi connectivity index (χ0) is 10.4. The van der Waals surface area contributed by atoms with Gasteiger partial charge in [0.2, 0.25) is 0 Å². The van der Waals surface area contributed by atoms with Crippen molar-refractivity contribution in [3.63, 3.8) is 0 Å². The van der Waals surface area contributed by atoms with Crippen LogP contribution in [0.2, 0.25) is 0 Å². The van der Waals surface area contributed by atoms with Crippen LogP contribution in [0.5, 0.6) is 0 Å². The molecule has 1 nitrogen and oxygen atoms in total. The minimum atomic E-state index is 1.11. The SMILES string of the molecule is CCCCc1cc(C)cc(CCC)n1. The lowest BCUT2D eigenvalue weighted by Crippen LogP contribution is -1.97. The van der Waals surface area contributed by atoms with Gasteiger partial charge in [-0.15, -0.1) is 0 Å². The molecule has 1 aromatic rings. The molecule has 0 bridgehead atoms. The first-order valence-corrected chi connectivity index (χ1v) is 5.72. The maximum atomic E-state index is 4.66. The summed E-state index contributed by atoms with van der Waals surface area (Å²) >= 11 is 0. The van der Waals surface area contributed by atoms with E-state index in [0.717, 1.165) is 12.8 Å². The Morgan fingerprint density at radius 3 is 2.21 bits per heavy atom. The zero-order valence-corrected chi connectivity index (χ0v) is 9.64. The molecule has 0 atom stereocenters. The average Bonchev–Trinajstić information content (AvgIpc) is 2.14. The van der Waals surface area contributed by atoms with E-state index in [1.807, 2.05) is 0 Å². The summed E-state index contributed by atoms with van der Waals surface area (Å²) in [5.41, 5.74) is 3.89. The molecule has 78 valence electrons. The van der Waals surface area contributed by atoms with Crippen molar-refractivity contribution in [3.8, 4) is 0 Å². The predicted molar refractivity (Wildman–Crippen MR) is 61.6 cm³/mol. The van der Waals surface area contributed by atoms with Gasteiger partial charge < -0.3 is 0 Å². The molecule has 0 unspecified atom stereocenters. The molecule has 0 radical (unpaired) electrons. The van der Waals surface area contributed by atoms with Crippen molar-refractivity contribution in [1.82, 2.24) is 4.98 Å². The molecule has 0 saturated heterocycles. The van der Waals surface area contributed by atoms with Gasteiger partial charge in [0, 0.05) is 11.4 Å². The van der Waals surface area contributed by atoms with E-state index in [1.54, 1.807) is 0 Å². The fourth-order valence-corrected chi connectivity index (χ4v) is 1.69. The average molecular weight is 191 g/mol. The molecule has 1 heterocycles. The number of pyridine rings is 1. The molecule has 0 amide bonds. The van der Waals surface area contributed by atoms with E-state index in [1.165, 1.54) is 36.2 Å². The van der Waals surface area contributed by atoms with Crippen LogP contribution in [0.1, 0.15) is 50.1 Å². The van der Waals surface area contributed by atoms with E-state index >= 15 is 0 Å². The highest BCUT2D eigenvalue weighted by Crippen LogP contribution is 2.09. The topological polar surface area (TPSA) is 12.9 Å². The van der Waals surface area contributed by atoms with Crippen molar-refractivity contribution >= 4 is 0 Å². The van der Waals surface area contributed by atoms with Crippen molar-refractivity contribution in [2.75, 3.05) is 0 Å². The lowest BCUT2D eigenvalue weighted by Gasteiger charge is -2.05. The normalized spacial score (nSPS) is 10.5. The summed E-state index contributed by atoms with van der Waals surface area (Å²) in [6.45, 7) is 6.59. The maximum absolute atomic E-state index is 4.66. The van der Waals surface area contributed by atoms with Gasteiger partial charge >= 0.3 is 0 Å². The summed E-state index contributed by atoms with van der Waals surface area (Å²) in [5, 5.41) is 0. The summed E-state index contributed by atoms with van der Waals surface area (Å²) in [5.74, 6) is 0. The van der Waals surface area contributed by atoms with Crippen molar-refractivity contribution in [2.45, 2.75) is 52.9 Å². The Kier molecular flexibility index (Phi) is 4.64. The van der Waals surface area contributed by atoms with Crippen LogP contribution in [0.15, 0.2) is 12.1 Å². The van der Waals surface area contributed by atoms with Crippen LogP contribution in [0.4, 0.5) is 0 Å². The Morgan fingerprint density at radius 1 is 1.00 bits per heavy atom. The van der Waals surface area contributed by atoms with Gasteiger partial charge in [-0.2, -0.15) is 0 Å². The smallest absolute Gasteiger partial charge is 0.0409 e. The number of aromatic nitrogens is 1. The summed E-state index contributed by atoms with van der Waals surface area (Å²) in [6, 6.07) is 4.42. The van der Waals surface area contributed by atoms with Gasteiger partial charge in [0.25, 0.3) is 0 Å². The van der Waals surface area contributed by atoms with Crippen molar-refractivity contribution in [1.29, 1.82) is 0 Å². The molecule has 0 N–H and O–H groups in total. The largest absolute Gasteiger partial charge is 0.258 e. The Morgan fingerprint density at radius 2 is 1.64 bits per heavy atom. The van der Waals surface area contributed by atoms with Crippen LogP contribution in [-0.4, -0.2) is 4.98 Å². The van der Waals surface area contributed by atoms with Gasteiger partial charge in [-0.1, -0.05) is 26.7 Å². The summed E-state index contributed by atoms with van der Waals surface area (Å²) in [4.78, 5) is 4.66. The van der Waals surface area contributed by atoms with Crippen molar-refractivity contribution in [2.24, 2.45) is 0 Å². The number of aryl methyl sites for hydroxylation is 3. The molecule has 14 heavy (non-hydrogen) atoms. The van der Waals surface area contributed by atoms with Gasteiger partial charge in [-0.3, -0.25) is 4.98 Å². The fourth-order valence-electron chi connectivity index (χ4n) is 1.69. The lowest BCUT2D eigenvalue weighted by atomic mass is 10.1. The Labute approximate surface area is 87.6 Å². The molecule has 0 saturated carbocycles. The Bertz CT molecular complexity index is 279. The molecular weight excluding hydrogens is 170 g/mol. The van der Waals surface area contributed by atoms with Crippen LogP contribution in [0, 0.1) is 6.92 Å². The first kappa shape index (κ1) is 11.2. The second kappa shape index (κ2) is 5.79. The Hall–Kier alpha value is -0.850. The molecule has 0 aromatic carbocycles. The van der Waals surface area contributed by atoms with Crippen LogP contribution in [0.25, 0.3) is 0 Å². The second-order valence-corrected chi connectivity index (χ2v) is 3.98. The lowest BCUT2D eigenvalue weighted by molar-refractivity contribution is 0.763. The third kappa shape index (κ3) is 3.49. The monoisotopic (exact) mass is 191 g/mol. The fraction of sp³-hybridized carbons (Fsp3) is 0.615. The molecule has 1 heteroatoms. The highest BCUT2D eigenvalue weighted by molar-refractivity contribution is 5.20.